The number of phenols is 1. The van der Waals surface area contributed by atoms with Crippen molar-refractivity contribution in [1.29, 1.82) is 0 Å². The molecular weight excluding hydrogens is 1900 g/mol. The van der Waals surface area contributed by atoms with Crippen LogP contribution in [0, 0.1) is 11.8 Å². The molecule has 4 aromatic rings. The van der Waals surface area contributed by atoms with Gasteiger partial charge in [0.05, 0.1) is 49.6 Å². The number of amides is 13. The molecule has 3 fully saturated rings. The van der Waals surface area contributed by atoms with Crippen molar-refractivity contribution >= 4 is 155 Å². The van der Waals surface area contributed by atoms with Gasteiger partial charge in [-0.2, -0.15) is 0 Å². The zero-order chi connectivity index (χ0) is 102. The average Bonchev–Trinajstić information content (AvgIpc) is 1.57. The number of fused-ring (bicyclic) bond motifs is 6. The van der Waals surface area contributed by atoms with Gasteiger partial charge in [0.2, 0.25) is 70.9 Å². The van der Waals surface area contributed by atoms with Crippen LogP contribution >= 0.6 is 54.8 Å². The Bertz CT molecular complexity index is 5180. The zero-order valence-electron chi connectivity index (χ0n) is 79.6. The lowest BCUT2D eigenvalue weighted by molar-refractivity contribution is -0.162. The van der Waals surface area contributed by atoms with Gasteiger partial charge in [-0.1, -0.05) is 158 Å². The van der Waals surface area contributed by atoms with Crippen LogP contribution in [0.3, 0.4) is 0 Å². The number of alkyl carbamates (subject to hydrolysis) is 1. The number of benzene rings is 4. The van der Waals surface area contributed by atoms with E-state index in [1.54, 1.807) is 86.7 Å². The SMILES string of the molecule is COc1cc2cc(c1Cl)N(C)C(=O)C[C@H](OC(=O)[C@H](C)N(C)C(=O)CCSSC[C@H](NC(=O)[C@H](C)NC(=O)[C@H](C)NC(=O)[C@@H](NC(=O)[C@@H]1CSSC[C@H](NC(=O)[C@H](N)Cc3ccccc3)C(=O)C[C@@H](Cc3ccc(O)cc3)C(=O)N[C@H](CC3=CCc4ccccc43)C(=O)N[C@@H](CCCCN)C(=O)N[C@@H]([C@@H](C)O)C(=O)N1)[C@@H](C)O)C(N)=O)[C@]1(C)O[C@H]1[C@H](C)[C@@H]1C[C@@](O)(NC(=O)O1)[C@H](OC)/C=C/C=C(\C)C2. The number of halogens is 1. The number of ether oxygens (including phenoxy) is 5. The van der Waals surface area contributed by atoms with Gasteiger partial charge >= 0.3 is 12.1 Å². The minimum Gasteiger partial charge on any atom is -0.508 e. The standard InChI is InChI=1S/C95H128ClN15O24S4/c1-49-21-20-27-74(132-12)95(130)45-73(133-93(129)109-95)50(2)81-94(8,135-81)75(44-77(117)111(10)70-40-58(37-49)41-72(131-11)78(70)96)134-92(128)53(5)110(9)76(116)34-36-136-137-47-68(82(99)118)105-84(120)52(4)100-83(119)51(3)101-90(126)79(54(6)112)108-89(125)69-48-139-138-46-67(104-86(122)64(98)39-56-22-14-13-15-23-56)71(115)43-61(38-57-28-32-62(114)33-29-57)85(121)103-66(42-60-31-30-59-24-16-17-25-63(59)60)88(124)102-65(26-18-19-35-97)87(123)107-80(55(7)113)91(127)106-69/h13-17,20-25,27-29,31-33,40-41,50-55,61,64-69,73-75,79-81,112-114,130H,18-19,26,30,34-39,42-48,97-98H2,1-12H3,(H2,99,118)(H,100,119)(H,101,126)(H,102,124)(H,103,121)(H,104,122)(H,105,120)(H,106,127)(H,107,123)(H,108,125)(H,109,129)/b27-20+,49-21+/t50-,51+,52+,53+,54-,55-,61-,64-,65+,66-,67+,68+,69+,73+,74-,75+,79+,80+,81+,94+,95+/m1/s1. The molecule has 9 rings (SSSR count). The van der Waals surface area contributed by atoms with Crippen molar-refractivity contribution in [2.75, 3.05) is 62.8 Å². The average molecular weight is 2030 g/mol. The Morgan fingerprint density at radius 1 is 0.777 bits per heavy atom. The first-order chi connectivity index (χ1) is 65.9. The quantitative estimate of drug-likeness (QED) is 0.0138. The van der Waals surface area contributed by atoms with Crippen LogP contribution in [-0.2, 0) is 112 Å². The lowest BCUT2D eigenvalue weighted by Crippen LogP contribution is -2.63. The number of hydrogen-bond acceptors (Lipinski definition) is 30. The Hall–Kier alpha value is -10.8. The third-order valence-corrected chi connectivity index (χ3v) is 30.1. The lowest BCUT2D eigenvalue weighted by Gasteiger charge is -2.42. The number of likely N-dealkylation sites (N-methyl/N-ethyl adjacent to an activating group) is 1. The van der Waals surface area contributed by atoms with Crippen LogP contribution in [0.2, 0.25) is 5.02 Å². The second kappa shape index (κ2) is 52.1. The van der Waals surface area contributed by atoms with Crippen molar-refractivity contribution in [1.82, 2.24) is 58.1 Å². The van der Waals surface area contributed by atoms with E-state index in [1.807, 2.05) is 37.3 Å². The van der Waals surface area contributed by atoms with Gasteiger partial charge in [0.25, 0.3) is 0 Å². The first-order valence-electron chi connectivity index (χ1n) is 45.7. The monoisotopic (exact) mass is 2030 g/mol. The smallest absolute Gasteiger partial charge is 0.409 e. The normalized spacial score (nSPS) is 25.8. The van der Waals surface area contributed by atoms with E-state index in [2.05, 4.69) is 53.2 Å². The molecule has 0 radical (unpaired) electrons. The number of epoxide rings is 1. The Labute approximate surface area is 827 Å². The number of carbonyl (C=O) groups excluding carboxylic acids is 15. The summed E-state index contributed by atoms with van der Waals surface area (Å²) in [5.74, 6) is -15.0. The van der Waals surface area contributed by atoms with Crippen molar-refractivity contribution in [3.05, 3.63) is 154 Å². The predicted octanol–water partition coefficient (Wildman–Crippen LogP) is 2.58. The predicted molar refractivity (Wildman–Crippen MR) is 525 cm³/mol. The molecule has 4 bridgehead atoms. The van der Waals surface area contributed by atoms with E-state index in [1.165, 1.54) is 73.0 Å². The Balaban J connectivity index is 0.837. The second-order valence-electron chi connectivity index (χ2n) is 35.6. The van der Waals surface area contributed by atoms with E-state index in [0.29, 0.717) is 41.5 Å². The van der Waals surface area contributed by atoms with Gasteiger partial charge in [-0.3, -0.25) is 67.6 Å². The molecule has 139 heavy (non-hydrogen) atoms. The molecule has 0 unspecified atom stereocenters. The molecule has 758 valence electrons. The summed E-state index contributed by atoms with van der Waals surface area (Å²) >= 11 is 6.87. The van der Waals surface area contributed by atoms with Crippen molar-refractivity contribution in [3.63, 3.8) is 0 Å². The molecule has 39 nitrogen and oxygen atoms in total. The van der Waals surface area contributed by atoms with Crippen LogP contribution in [0.5, 0.6) is 11.5 Å². The minimum atomic E-state index is -1.95. The molecule has 5 aliphatic rings. The summed E-state index contributed by atoms with van der Waals surface area (Å²) in [6, 6.07) is 8.94. The fraction of sp³-hybridized carbons (Fsp3) is 0.526. The number of Topliss-reactive ketones (excluding diaryl/α,β-unsaturated/α-hetero) is 1. The van der Waals surface area contributed by atoms with E-state index in [-0.39, 0.29) is 91.0 Å². The second-order valence-corrected chi connectivity index (χ2v) is 41.1. The zero-order valence-corrected chi connectivity index (χ0v) is 83.6. The summed E-state index contributed by atoms with van der Waals surface area (Å²) in [6.07, 6.45) is -1.79. The highest BCUT2D eigenvalue weighted by atomic mass is 35.5. The fourth-order valence-electron chi connectivity index (χ4n) is 16.3. The number of rotatable bonds is 34. The molecule has 3 saturated heterocycles. The molecule has 4 aliphatic heterocycles. The van der Waals surface area contributed by atoms with Gasteiger partial charge < -0.3 is 119 Å². The van der Waals surface area contributed by atoms with Crippen LogP contribution in [0.1, 0.15) is 135 Å². The summed E-state index contributed by atoms with van der Waals surface area (Å²) < 4.78 is 29.6. The molecule has 44 heteroatoms. The highest BCUT2D eigenvalue weighted by Crippen LogP contribution is 2.50. The molecule has 0 saturated carbocycles. The number of methoxy groups -OCH3 is 2. The number of aliphatic hydroxyl groups excluding tert-OH is 2. The van der Waals surface area contributed by atoms with E-state index < -0.39 is 234 Å². The Morgan fingerprint density at radius 2 is 1.44 bits per heavy atom. The van der Waals surface area contributed by atoms with Crippen LogP contribution < -0.4 is 80.0 Å². The molecule has 0 aromatic heterocycles. The van der Waals surface area contributed by atoms with Crippen molar-refractivity contribution in [2.45, 2.75) is 247 Å². The Kier molecular flexibility index (Phi) is 41.9. The third kappa shape index (κ3) is 31.3. The number of aliphatic hydroxyl groups is 3. The summed E-state index contributed by atoms with van der Waals surface area (Å²) in [4.78, 5) is 217. The maximum absolute atomic E-state index is 15.2. The third-order valence-electron chi connectivity index (χ3n) is 24.9. The first-order valence-corrected chi connectivity index (χ1v) is 51.0. The number of carbonyl (C=O) groups is 15. The molecule has 0 spiro atoms. The van der Waals surface area contributed by atoms with E-state index in [9.17, 15) is 78.0 Å². The van der Waals surface area contributed by atoms with Crippen molar-refractivity contribution in [2.24, 2.45) is 29.0 Å². The molecule has 13 amide bonds. The summed E-state index contributed by atoms with van der Waals surface area (Å²) in [5, 5.41) is 70.6. The summed E-state index contributed by atoms with van der Waals surface area (Å²) in [5.41, 5.74) is 20.2. The molecular formula is C95H128ClN15O24S4. The van der Waals surface area contributed by atoms with Gasteiger partial charge in [0, 0.05) is 81.7 Å². The number of nitrogens with one attached hydrogen (secondary N) is 10. The molecule has 4 aromatic carbocycles. The maximum atomic E-state index is 15.2. The van der Waals surface area contributed by atoms with Gasteiger partial charge in [-0.05, 0) is 158 Å². The van der Waals surface area contributed by atoms with Crippen molar-refractivity contribution < 1.29 is 116 Å². The number of esters is 1. The number of nitrogens with two attached hydrogens (primary N) is 3. The summed E-state index contributed by atoms with van der Waals surface area (Å²) in [6.45, 7) is 11.6. The number of unbranched alkanes of at least 4 members (excludes halogenated alkanes) is 1. The number of ketones is 1. The van der Waals surface area contributed by atoms with Gasteiger partial charge in [-0.25, -0.2) is 9.59 Å². The highest BCUT2D eigenvalue weighted by molar-refractivity contribution is 8.77. The molecule has 4 heterocycles. The number of aromatic hydroxyl groups is 1. The lowest BCUT2D eigenvalue weighted by atomic mass is 9.83. The van der Waals surface area contributed by atoms with E-state index in [4.69, 9.17) is 52.5 Å². The van der Waals surface area contributed by atoms with Crippen LogP contribution in [0.15, 0.2) is 121 Å². The number of anilines is 1. The summed E-state index contributed by atoms with van der Waals surface area (Å²) in [7, 11) is 9.65. The molecule has 1 aliphatic carbocycles. The number of nitrogens with zero attached hydrogens (tertiary/aromatic N) is 2. The minimum absolute atomic E-state index is 0.0440. The van der Waals surface area contributed by atoms with Gasteiger partial charge in [0.1, 0.15) is 94.8 Å². The van der Waals surface area contributed by atoms with E-state index >= 15 is 14.4 Å². The number of allylic oxidation sites excluding steroid dienone is 4. The number of hydrogen-bond donors (Lipinski definition) is 17. The molecule has 20 N–H and O–H groups in total. The van der Waals surface area contributed by atoms with Crippen LogP contribution in [-0.4, -0.2) is 286 Å². The van der Waals surface area contributed by atoms with Gasteiger partial charge in [-0.15, -0.1) is 0 Å². The number of primary amides is 1. The maximum Gasteiger partial charge on any atom is 0.409 e. The largest absolute Gasteiger partial charge is 0.508 e. The van der Waals surface area contributed by atoms with E-state index in [0.717, 1.165) is 71.7 Å². The topological polar surface area (TPSA) is 591 Å². The van der Waals surface area contributed by atoms with Crippen LogP contribution in [0.4, 0.5) is 10.5 Å². The number of phenolic OH excluding ortho intramolecular Hbond substituents is 1. The Morgan fingerprint density at radius 3 is 2.11 bits per heavy atom. The fourth-order valence-corrected chi connectivity index (χ4v) is 21.1. The molecule has 21 atom stereocenters. The van der Waals surface area contributed by atoms with Crippen LogP contribution in [0.25, 0.3) is 5.57 Å². The highest BCUT2D eigenvalue weighted by Gasteiger charge is 2.65. The van der Waals surface area contributed by atoms with Gasteiger partial charge in [0.15, 0.2) is 11.5 Å². The van der Waals surface area contributed by atoms with Crippen molar-refractivity contribution in [3.8, 4) is 11.5 Å². The first kappa shape index (κ1) is 112.